The van der Waals surface area contributed by atoms with E-state index < -0.39 is 0 Å². The third-order valence-corrected chi connectivity index (χ3v) is 2.48. The number of nitriles is 1. The van der Waals surface area contributed by atoms with Gasteiger partial charge in [-0.05, 0) is 26.2 Å². The van der Waals surface area contributed by atoms with Gasteiger partial charge >= 0.3 is 0 Å². The molecule has 1 aliphatic carbocycles. The van der Waals surface area contributed by atoms with Crippen LogP contribution in [0.5, 0.6) is 0 Å². The Balaban J connectivity index is 2.18. The molecule has 0 aliphatic heterocycles. The van der Waals surface area contributed by atoms with E-state index in [4.69, 9.17) is 10.00 Å². The molecule has 2 heteroatoms. The van der Waals surface area contributed by atoms with Crippen molar-refractivity contribution >= 4 is 0 Å². The van der Waals surface area contributed by atoms with E-state index in [0.29, 0.717) is 0 Å². The number of hydrogen-bond donors (Lipinski definition) is 0. The summed E-state index contributed by atoms with van der Waals surface area (Å²) >= 11 is 0. The summed E-state index contributed by atoms with van der Waals surface area (Å²) in [6.45, 7) is 3.51. The van der Waals surface area contributed by atoms with Crippen molar-refractivity contribution < 1.29 is 4.74 Å². The first-order chi connectivity index (χ1) is 5.33. The lowest BCUT2D eigenvalue weighted by atomic mass is 9.68. The zero-order valence-electron chi connectivity index (χ0n) is 7.10. The summed E-state index contributed by atoms with van der Waals surface area (Å²) in [5.74, 6) is 0. The van der Waals surface area contributed by atoms with Crippen molar-refractivity contribution in [1.29, 1.82) is 5.26 Å². The number of hydrogen-bond acceptors (Lipinski definition) is 2. The third-order valence-electron chi connectivity index (χ3n) is 2.48. The van der Waals surface area contributed by atoms with Crippen LogP contribution in [0.3, 0.4) is 0 Å². The maximum atomic E-state index is 8.83. The normalized spacial score (nSPS) is 20.4. The van der Waals surface area contributed by atoms with Gasteiger partial charge in [0.2, 0.25) is 0 Å². The SMILES string of the molecule is CCOCCC1(C#N)CCC1. The Morgan fingerprint density at radius 1 is 1.55 bits per heavy atom. The monoisotopic (exact) mass is 153 g/mol. The topological polar surface area (TPSA) is 33.0 Å². The lowest BCUT2D eigenvalue weighted by molar-refractivity contribution is 0.0897. The van der Waals surface area contributed by atoms with Crippen molar-refractivity contribution in [2.75, 3.05) is 13.2 Å². The van der Waals surface area contributed by atoms with E-state index in [1.165, 1.54) is 6.42 Å². The lowest BCUT2D eigenvalue weighted by Gasteiger charge is -2.34. The van der Waals surface area contributed by atoms with Gasteiger partial charge in [-0.25, -0.2) is 0 Å². The fourth-order valence-corrected chi connectivity index (χ4v) is 1.43. The third kappa shape index (κ3) is 1.94. The van der Waals surface area contributed by atoms with Gasteiger partial charge in [0, 0.05) is 13.2 Å². The van der Waals surface area contributed by atoms with Crippen molar-refractivity contribution in [2.24, 2.45) is 5.41 Å². The smallest absolute Gasteiger partial charge is 0.0690 e. The van der Waals surface area contributed by atoms with E-state index in [-0.39, 0.29) is 5.41 Å². The molecule has 2 nitrogen and oxygen atoms in total. The predicted molar refractivity (Wildman–Crippen MR) is 43.0 cm³/mol. The lowest BCUT2D eigenvalue weighted by Crippen LogP contribution is -2.28. The van der Waals surface area contributed by atoms with E-state index in [9.17, 15) is 0 Å². The van der Waals surface area contributed by atoms with Crippen LogP contribution < -0.4 is 0 Å². The van der Waals surface area contributed by atoms with Crippen molar-refractivity contribution in [3.05, 3.63) is 0 Å². The zero-order chi connectivity index (χ0) is 8.16. The molecule has 11 heavy (non-hydrogen) atoms. The van der Waals surface area contributed by atoms with Gasteiger partial charge in [0.05, 0.1) is 11.5 Å². The molecular formula is C9H15NO. The zero-order valence-corrected chi connectivity index (χ0v) is 7.10. The minimum absolute atomic E-state index is 0.00479. The molecule has 0 N–H and O–H groups in total. The van der Waals surface area contributed by atoms with Crippen LogP contribution >= 0.6 is 0 Å². The molecule has 0 aromatic heterocycles. The molecule has 0 amide bonds. The van der Waals surface area contributed by atoms with Gasteiger partial charge in [-0.1, -0.05) is 6.42 Å². The van der Waals surface area contributed by atoms with Gasteiger partial charge in [-0.3, -0.25) is 0 Å². The highest BCUT2D eigenvalue weighted by atomic mass is 16.5. The largest absolute Gasteiger partial charge is 0.382 e. The van der Waals surface area contributed by atoms with Gasteiger partial charge in [0.15, 0.2) is 0 Å². The summed E-state index contributed by atoms with van der Waals surface area (Å²) in [7, 11) is 0. The Bertz CT molecular complexity index is 155. The Morgan fingerprint density at radius 3 is 2.64 bits per heavy atom. The van der Waals surface area contributed by atoms with Gasteiger partial charge in [0.1, 0.15) is 0 Å². The fourth-order valence-electron chi connectivity index (χ4n) is 1.43. The molecule has 0 atom stereocenters. The molecule has 0 unspecified atom stereocenters. The fraction of sp³-hybridized carbons (Fsp3) is 0.889. The van der Waals surface area contributed by atoms with Gasteiger partial charge in [0.25, 0.3) is 0 Å². The molecule has 1 aliphatic rings. The van der Waals surface area contributed by atoms with Crippen molar-refractivity contribution in [3.63, 3.8) is 0 Å². The molecule has 1 fully saturated rings. The first-order valence-corrected chi connectivity index (χ1v) is 4.32. The van der Waals surface area contributed by atoms with Crippen LogP contribution in [-0.2, 0) is 4.74 Å². The molecule has 0 saturated heterocycles. The summed E-state index contributed by atoms with van der Waals surface area (Å²) < 4.78 is 5.22. The van der Waals surface area contributed by atoms with Crippen molar-refractivity contribution in [2.45, 2.75) is 32.6 Å². The average Bonchev–Trinajstić information content (AvgIpc) is 1.95. The van der Waals surface area contributed by atoms with E-state index in [1.807, 2.05) is 6.92 Å². The van der Waals surface area contributed by atoms with E-state index in [1.54, 1.807) is 0 Å². The highest BCUT2D eigenvalue weighted by molar-refractivity contribution is 5.04. The highest BCUT2D eigenvalue weighted by Gasteiger charge is 2.36. The molecule has 1 saturated carbocycles. The van der Waals surface area contributed by atoms with Crippen LogP contribution in [0.4, 0.5) is 0 Å². The Kier molecular flexibility index (Phi) is 2.90. The standard InChI is InChI=1S/C9H15NO/c1-2-11-7-6-9(8-10)4-3-5-9/h2-7H2,1H3. The van der Waals surface area contributed by atoms with Crippen LogP contribution in [0, 0.1) is 16.7 Å². The van der Waals surface area contributed by atoms with E-state index >= 15 is 0 Å². The second-order valence-corrected chi connectivity index (χ2v) is 3.19. The van der Waals surface area contributed by atoms with Crippen molar-refractivity contribution in [3.8, 4) is 6.07 Å². The van der Waals surface area contributed by atoms with Crippen LogP contribution in [0.25, 0.3) is 0 Å². The Labute approximate surface area is 68.2 Å². The maximum Gasteiger partial charge on any atom is 0.0690 e. The second kappa shape index (κ2) is 3.73. The number of ether oxygens (including phenoxy) is 1. The van der Waals surface area contributed by atoms with Gasteiger partial charge < -0.3 is 4.74 Å². The first-order valence-electron chi connectivity index (χ1n) is 4.32. The summed E-state index contributed by atoms with van der Waals surface area (Å²) in [6.07, 6.45) is 4.31. The molecule has 1 rings (SSSR count). The maximum absolute atomic E-state index is 8.83. The van der Waals surface area contributed by atoms with Gasteiger partial charge in [-0.15, -0.1) is 0 Å². The van der Waals surface area contributed by atoms with Gasteiger partial charge in [-0.2, -0.15) is 5.26 Å². The van der Waals surface area contributed by atoms with Crippen molar-refractivity contribution in [1.82, 2.24) is 0 Å². The molecule has 0 heterocycles. The molecular weight excluding hydrogens is 138 g/mol. The Morgan fingerprint density at radius 2 is 2.27 bits per heavy atom. The summed E-state index contributed by atoms with van der Waals surface area (Å²) in [5, 5.41) is 8.83. The van der Waals surface area contributed by atoms with E-state index in [2.05, 4.69) is 6.07 Å². The second-order valence-electron chi connectivity index (χ2n) is 3.19. The molecule has 62 valence electrons. The Hall–Kier alpha value is -0.550. The van der Waals surface area contributed by atoms with Crippen LogP contribution in [-0.4, -0.2) is 13.2 Å². The summed E-state index contributed by atoms with van der Waals surface area (Å²) in [6, 6.07) is 2.39. The molecule has 0 bridgehead atoms. The number of rotatable bonds is 4. The molecule has 0 spiro atoms. The summed E-state index contributed by atoms with van der Waals surface area (Å²) in [5.41, 5.74) is -0.00479. The average molecular weight is 153 g/mol. The molecule has 0 aromatic carbocycles. The quantitative estimate of drug-likeness (QED) is 0.579. The predicted octanol–water partition coefficient (Wildman–Crippen LogP) is 2.11. The minimum Gasteiger partial charge on any atom is -0.382 e. The molecule has 0 aromatic rings. The first kappa shape index (κ1) is 8.55. The highest BCUT2D eigenvalue weighted by Crippen LogP contribution is 2.42. The van der Waals surface area contributed by atoms with E-state index in [0.717, 1.165) is 32.5 Å². The summed E-state index contributed by atoms with van der Waals surface area (Å²) in [4.78, 5) is 0. The molecule has 0 radical (unpaired) electrons. The van der Waals surface area contributed by atoms with Crippen LogP contribution in [0.1, 0.15) is 32.6 Å². The van der Waals surface area contributed by atoms with Crippen LogP contribution in [0.2, 0.25) is 0 Å². The minimum atomic E-state index is -0.00479. The number of nitrogens with zero attached hydrogens (tertiary/aromatic N) is 1. The van der Waals surface area contributed by atoms with Crippen LogP contribution in [0.15, 0.2) is 0 Å².